The van der Waals surface area contributed by atoms with Crippen LogP contribution in [0.4, 0.5) is 0 Å². The molecule has 1 aromatic rings. The van der Waals surface area contributed by atoms with E-state index in [0.717, 1.165) is 18.8 Å². The molecule has 1 aromatic heterocycles. The van der Waals surface area contributed by atoms with Gasteiger partial charge in [-0.3, -0.25) is 0 Å². The average Bonchev–Trinajstić information content (AvgIpc) is 2.37. The van der Waals surface area contributed by atoms with Crippen molar-refractivity contribution in [3.05, 3.63) is 23.7 Å². The van der Waals surface area contributed by atoms with Gasteiger partial charge in [0.2, 0.25) is 0 Å². The molecule has 0 aliphatic heterocycles. The first kappa shape index (κ1) is 8.30. The van der Waals surface area contributed by atoms with Crippen molar-refractivity contribution in [3.8, 4) is 0 Å². The van der Waals surface area contributed by atoms with Crippen LogP contribution in [0.15, 0.2) is 16.7 Å². The lowest BCUT2D eigenvalue weighted by Gasteiger charge is -1.99. The quantitative estimate of drug-likeness (QED) is 0.626. The second-order valence-corrected chi connectivity index (χ2v) is 2.49. The Labute approximate surface area is 66.6 Å². The van der Waals surface area contributed by atoms with Gasteiger partial charge in [-0.25, -0.2) is 0 Å². The minimum Gasteiger partial charge on any atom is -0.468 e. The van der Waals surface area contributed by atoms with Crippen molar-refractivity contribution in [3.63, 3.8) is 0 Å². The largest absolute Gasteiger partial charge is 0.468 e. The Morgan fingerprint density at radius 2 is 2.45 bits per heavy atom. The second kappa shape index (κ2) is 4.16. The van der Waals surface area contributed by atoms with E-state index in [-0.39, 0.29) is 0 Å². The lowest BCUT2D eigenvalue weighted by atomic mass is 10.3. The third-order valence-corrected chi connectivity index (χ3v) is 1.57. The number of nitrogens with one attached hydrogen (secondary N) is 1. The van der Waals surface area contributed by atoms with Gasteiger partial charge < -0.3 is 15.5 Å². The summed E-state index contributed by atoms with van der Waals surface area (Å²) in [4.78, 5) is 0. The summed E-state index contributed by atoms with van der Waals surface area (Å²) in [6, 6.07) is 1.96. The minimum atomic E-state index is 0.666. The van der Waals surface area contributed by atoms with Crippen molar-refractivity contribution in [2.24, 2.45) is 5.73 Å². The molecule has 0 aromatic carbocycles. The molecule has 3 N–H and O–H groups in total. The Bertz CT molecular complexity index is 208. The number of nitrogens with two attached hydrogens (primary N) is 1. The highest BCUT2D eigenvalue weighted by atomic mass is 16.3. The number of hydrogen-bond donors (Lipinski definition) is 2. The van der Waals surface area contributed by atoms with Crippen molar-refractivity contribution in [2.45, 2.75) is 13.5 Å². The van der Waals surface area contributed by atoms with Crippen LogP contribution in [0.1, 0.15) is 11.3 Å². The fourth-order valence-electron chi connectivity index (χ4n) is 0.889. The molecule has 0 spiro atoms. The van der Waals surface area contributed by atoms with E-state index >= 15 is 0 Å². The van der Waals surface area contributed by atoms with Crippen LogP contribution in [0.5, 0.6) is 0 Å². The van der Waals surface area contributed by atoms with Crippen molar-refractivity contribution in [2.75, 3.05) is 13.1 Å². The van der Waals surface area contributed by atoms with Gasteiger partial charge >= 0.3 is 0 Å². The molecule has 0 amide bonds. The SMILES string of the molecule is Cc1ccoc1CNCCN. The normalized spacial score (nSPS) is 10.4. The molecule has 1 rings (SSSR count). The van der Waals surface area contributed by atoms with Crippen LogP contribution in [-0.2, 0) is 6.54 Å². The summed E-state index contributed by atoms with van der Waals surface area (Å²) in [7, 11) is 0. The van der Waals surface area contributed by atoms with Crippen LogP contribution < -0.4 is 11.1 Å². The van der Waals surface area contributed by atoms with Crippen LogP contribution in [0.2, 0.25) is 0 Å². The molecule has 0 unspecified atom stereocenters. The standard InChI is InChI=1S/C8H14N2O/c1-7-2-5-11-8(7)6-10-4-3-9/h2,5,10H,3-4,6,9H2,1H3. The molecule has 0 radical (unpaired) electrons. The summed E-state index contributed by atoms with van der Waals surface area (Å²) >= 11 is 0. The molecule has 0 saturated heterocycles. The molecule has 1 heterocycles. The highest BCUT2D eigenvalue weighted by molar-refractivity contribution is 5.13. The Morgan fingerprint density at radius 3 is 3.00 bits per heavy atom. The van der Waals surface area contributed by atoms with Gasteiger partial charge in [-0.15, -0.1) is 0 Å². The zero-order chi connectivity index (χ0) is 8.10. The van der Waals surface area contributed by atoms with Crippen LogP contribution in [0.3, 0.4) is 0 Å². The highest BCUT2D eigenvalue weighted by Crippen LogP contribution is 2.07. The maximum absolute atomic E-state index is 5.31. The highest BCUT2D eigenvalue weighted by Gasteiger charge is 1.98. The number of hydrogen-bond acceptors (Lipinski definition) is 3. The molecule has 0 atom stereocenters. The van der Waals surface area contributed by atoms with E-state index in [2.05, 4.69) is 5.32 Å². The molecule has 62 valence electrons. The summed E-state index contributed by atoms with van der Waals surface area (Å²) in [5.41, 5.74) is 6.50. The van der Waals surface area contributed by atoms with Gasteiger partial charge in [-0.1, -0.05) is 0 Å². The summed E-state index contributed by atoms with van der Waals surface area (Å²) in [6.07, 6.45) is 1.70. The molecule has 0 saturated carbocycles. The fourth-order valence-corrected chi connectivity index (χ4v) is 0.889. The van der Waals surface area contributed by atoms with E-state index in [9.17, 15) is 0 Å². The predicted octanol–water partition coefficient (Wildman–Crippen LogP) is 0.636. The monoisotopic (exact) mass is 154 g/mol. The number of furan rings is 1. The maximum Gasteiger partial charge on any atom is 0.120 e. The van der Waals surface area contributed by atoms with Crippen LogP contribution in [0, 0.1) is 6.92 Å². The van der Waals surface area contributed by atoms with Gasteiger partial charge in [-0.05, 0) is 18.6 Å². The van der Waals surface area contributed by atoms with Crippen molar-refractivity contribution in [1.29, 1.82) is 0 Å². The third kappa shape index (κ3) is 2.37. The van der Waals surface area contributed by atoms with Gasteiger partial charge in [0.25, 0.3) is 0 Å². The lowest BCUT2D eigenvalue weighted by Crippen LogP contribution is -2.21. The van der Waals surface area contributed by atoms with Crippen molar-refractivity contribution >= 4 is 0 Å². The zero-order valence-electron chi connectivity index (χ0n) is 6.76. The Kier molecular flexibility index (Phi) is 3.14. The van der Waals surface area contributed by atoms with E-state index in [0.29, 0.717) is 6.54 Å². The first-order valence-electron chi connectivity index (χ1n) is 3.78. The molecule has 0 aliphatic carbocycles. The molecule has 3 heteroatoms. The van der Waals surface area contributed by atoms with Gasteiger partial charge in [0.15, 0.2) is 0 Å². The Morgan fingerprint density at radius 1 is 1.64 bits per heavy atom. The van der Waals surface area contributed by atoms with Gasteiger partial charge in [0.1, 0.15) is 5.76 Å². The summed E-state index contributed by atoms with van der Waals surface area (Å²) < 4.78 is 5.21. The molecule has 3 nitrogen and oxygen atoms in total. The topological polar surface area (TPSA) is 51.2 Å². The molecule has 11 heavy (non-hydrogen) atoms. The van der Waals surface area contributed by atoms with E-state index < -0.39 is 0 Å². The maximum atomic E-state index is 5.31. The van der Waals surface area contributed by atoms with Crippen LogP contribution in [0.25, 0.3) is 0 Å². The first-order valence-corrected chi connectivity index (χ1v) is 3.78. The second-order valence-electron chi connectivity index (χ2n) is 2.49. The molecular weight excluding hydrogens is 140 g/mol. The van der Waals surface area contributed by atoms with Gasteiger partial charge in [0, 0.05) is 13.1 Å². The van der Waals surface area contributed by atoms with Crippen molar-refractivity contribution < 1.29 is 4.42 Å². The van der Waals surface area contributed by atoms with Gasteiger partial charge in [0.05, 0.1) is 12.8 Å². The number of rotatable bonds is 4. The smallest absolute Gasteiger partial charge is 0.120 e. The lowest BCUT2D eigenvalue weighted by molar-refractivity contribution is 0.482. The van der Waals surface area contributed by atoms with E-state index in [1.807, 2.05) is 13.0 Å². The first-order chi connectivity index (χ1) is 5.34. The number of aryl methyl sites for hydroxylation is 1. The zero-order valence-corrected chi connectivity index (χ0v) is 6.76. The van der Waals surface area contributed by atoms with Crippen LogP contribution in [-0.4, -0.2) is 13.1 Å². The fraction of sp³-hybridized carbons (Fsp3) is 0.500. The Balaban J connectivity index is 2.32. The predicted molar refractivity (Wildman–Crippen MR) is 44.2 cm³/mol. The molecule has 0 aliphatic rings. The van der Waals surface area contributed by atoms with E-state index in [1.54, 1.807) is 6.26 Å². The van der Waals surface area contributed by atoms with Crippen LogP contribution >= 0.6 is 0 Å². The average molecular weight is 154 g/mol. The van der Waals surface area contributed by atoms with Gasteiger partial charge in [-0.2, -0.15) is 0 Å². The molecule has 0 bridgehead atoms. The summed E-state index contributed by atoms with van der Waals surface area (Å²) in [5.74, 6) is 0.999. The Hall–Kier alpha value is -0.800. The summed E-state index contributed by atoms with van der Waals surface area (Å²) in [5, 5.41) is 3.16. The van der Waals surface area contributed by atoms with Crippen molar-refractivity contribution in [1.82, 2.24) is 5.32 Å². The van der Waals surface area contributed by atoms with E-state index in [1.165, 1.54) is 5.56 Å². The minimum absolute atomic E-state index is 0.666. The van der Waals surface area contributed by atoms with E-state index in [4.69, 9.17) is 10.2 Å². The third-order valence-electron chi connectivity index (χ3n) is 1.57. The molecular formula is C8H14N2O. The molecule has 0 fully saturated rings. The summed E-state index contributed by atoms with van der Waals surface area (Å²) in [6.45, 7) is 4.30.